The molecule has 0 radical (unpaired) electrons. The molecule has 132 valence electrons. The van der Waals surface area contributed by atoms with Gasteiger partial charge in [0.15, 0.2) is 6.10 Å². The molecule has 0 fully saturated rings. The Balaban J connectivity index is 1.67. The number of esters is 1. The third-order valence-corrected chi connectivity index (χ3v) is 4.35. The number of fused-ring (bicyclic) bond motifs is 1. The minimum atomic E-state index is -0.588. The van der Waals surface area contributed by atoms with Crippen molar-refractivity contribution in [3.05, 3.63) is 51.9 Å². The van der Waals surface area contributed by atoms with Gasteiger partial charge in [0.25, 0.3) is 5.91 Å². The number of methoxy groups -OCH3 is 1. The summed E-state index contributed by atoms with van der Waals surface area (Å²) in [5.41, 5.74) is 1.28. The van der Waals surface area contributed by atoms with Crippen LogP contribution in [-0.4, -0.2) is 37.0 Å². The van der Waals surface area contributed by atoms with Crippen molar-refractivity contribution in [2.45, 2.75) is 26.0 Å². The molecule has 0 aliphatic carbocycles. The molecule has 1 atom stereocenters. The van der Waals surface area contributed by atoms with Crippen LogP contribution < -0.4 is 4.74 Å². The predicted molar refractivity (Wildman–Crippen MR) is 90.8 cm³/mol. The van der Waals surface area contributed by atoms with Gasteiger partial charge in [-0.3, -0.25) is 4.79 Å². The maximum Gasteiger partial charge on any atom is 0.341 e. The maximum atomic E-state index is 12.6. The summed E-state index contributed by atoms with van der Waals surface area (Å²) < 4.78 is 16.0. The molecule has 1 aliphatic rings. The van der Waals surface area contributed by atoms with Gasteiger partial charge in [0.2, 0.25) is 0 Å². The number of nitrogens with zero attached hydrogens (tertiary/aromatic N) is 1. The molecule has 0 bridgehead atoms. The average molecular weight is 364 g/mol. The van der Waals surface area contributed by atoms with E-state index in [0.29, 0.717) is 34.3 Å². The molecule has 0 spiro atoms. The number of ether oxygens (including phenoxy) is 2. The fourth-order valence-corrected chi connectivity index (χ4v) is 3.04. The standard InChI is InChI=1S/C18H18ClNO5/c1-10-14(18(22)23-3)8-13(24-10)9-20(2)17(21)16-7-11-6-12(19)4-5-15(11)25-16/h4-6,8,16H,7,9H2,1-3H3. The summed E-state index contributed by atoms with van der Waals surface area (Å²) in [6.45, 7) is 1.91. The smallest absolute Gasteiger partial charge is 0.341 e. The van der Waals surface area contributed by atoms with Crippen molar-refractivity contribution in [2.75, 3.05) is 14.2 Å². The van der Waals surface area contributed by atoms with Crippen molar-refractivity contribution in [3.63, 3.8) is 0 Å². The number of benzene rings is 1. The summed E-state index contributed by atoms with van der Waals surface area (Å²) in [5, 5.41) is 0.616. The minimum absolute atomic E-state index is 0.166. The van der Waals surface area contributed by atoms with Gasteiger partial charge in [0.05, 0.1) is 13.7 Å². The van der Waals surface area contributed by atoms with Crippen molar-refractivity contribution in [1.82, 2.24) is 4.90 Å². The van der Waals surface area contributed by atoms with Gasteiger partial charge < -0.3 is 18.8 Å². The number of hydrogen-bond donors (Lipinski definition) is 0. The Hall–Kier alpha value is -2.47. The molecule has 0 N–H and O–H groups in total. The van der Waals surface area contributed by atoms with Gasteiger partial charge in [-0.15, -0.1) is 0 Å². The number of amides is 1. The number of likely N-dealkylation sites (N-methyl/N-ethyl adjacent to an activating group) is 1. The van der Waals surface area contributed by atoms with Gasteiger partial charge >= 0.3 is 5.97 Å². The molecule has 1 aliphatic heterocycles. The van der Waals surface area contributed by atoms with Crippen molar-refractivity contribution in [2.24, 2.45) is 0 Å². The Morgan fingerprint density at radius 2 is 2.12 bits per heavy atom. The lowest BCUT2D eigenvalue weighted by atomic mass is 10.1. The van der Waals surface area contributed by atoms with E-state index in [-0.39, 0.29) is 12.5 Å². The molecule has 3 rings (SSSR count). The van der Waals surface area contributed by atoms with Gasteiger partial charge in [-0.1, -0.05) is 11.6 Å². The Morgan fingerprint density at radius 3 is 2.84 bits per heavy atom. The minimum Gasteiger partial charge on any atom is -0.480 e. The SMILES string of the molecule is COC(=O)c1cc(CN(C)C(=O)C2Cc3cc(Cl)ccc3O2)oc1C. The maximum absolute atomic E-state index is 12.6. The summed E-state index contributed by atoms with van der Waals surface area (Å²) in [5.74, 6) is 1.01. The summed E-state index contributed by atoms with van der Waals surface area (Å²) in [6, 6.07) is 6.90. The fourth-order valence-electron chi connectivity index (χ4n) is 2.85. The Morgan fingerprint density at radius 1 is 1.36 bits per heavy atom. The van der Waals surface area contributed by atoms with E-state index in [9.17, 15) is 9.59 Å². The molecule has 0 saturated carbocycles. The van der Waals surface area contributed by atoms with E-state index >= 15 is 0 Å². The summed E-state index contributed by atoms with van der Waals surface area (Å²) >= 11 is 5.97. The highest BCUT2D eigenvalue weighted by molar-refractivity contribution is 6.30. The normalized spacial score (nSPS) is 15.4. The topological polar surface area (TPSA) is 69.0 Å². The first kappa shape index (κ1) is 17.4. The van der Waals surface area contributed by atoms with E-state index in [1.165, 1.54) is 12.0 Å². The first-order valence-corrected chi connectivity index (χ1v) is 8.14. The molecule has 7 heteroatoms. The zero-order valence-corrected chi connectivity index (χ0v) is 14.9. The third kappa shape index (κ3) is 3.49. The van der Waals surface area contributed by atoms with Crippen LogP contribution in [0, 0.1) is 6.92 Å². The highest BCUT2D eigenvalue weighted by atomic mass is 35.5. The van der Waals surface area contributed by atoms with Crippen LogP contribution in [0.1, 0.15) is 27.4 Å². The second-order valence-corrected chi connectivity index (χ2v) is 6.37. The number of carbonyl (C=O) groups excluding carboxylic acids is 2. The summed E-state index contributed by atoms with van der Waals surface area (Å²) in [6.07, 6.45) is -0.112. The van der Waals surface area contributed by atoms with E-state index in [1.54, 1.807) is 32.2 Å². The fraction of sp³-hybridized carbons (Fsp3) is 0.333. The Bertz CT molecular complexity index is 829. The monoisotopic (exact) mass is 363 g/mol. The zero-order valence-electron chi connectivity index (χ0n) is 14.2. The van der Waals surface area contributed by atoms with Gasteiger partial charge in [-0.25, -0.2) is 4.79 Å². The van der Waals surface area contributed by atoms with Crippen LogP contribution >= 0.6 is 11.6 Å². The van der Waals surface area contributed by atoms with E-state index in [2.05, 4.69) is 0 Å². The van der Waals surface area contributed by atoms with Crippen molar-refractivity contribution < 1.29 is 23.5 Å². The van der Waals surface area contributed by atoms with Gasteiger partial charge in [-0.05, 0) is 36.8 Å². The van der Waals surface area contributed by atoms with E-state index < -0.39 is 12.1 Å². The van der Waals surface area contributed by atoms with E-state index in [4.69, 9.17) is 25.5 Å². The number of halogens is 1. The first-order chi connectivity index (χ1) is 11.9. The number of aryl methyl sites for hydroxylation is 1. The van der Waals surface area contributed by atoms with Crippen molar-refractivity contribution >= 4 is 23.5 Å². The van der Waals surface area contributed by atoms with Crippen LogP contribution in [0.5, 0.6) is 5.75 Å². The Labute approximate surface area is 150 Å². The number of furan rings is 1. The third-order valence-electron chi connectivity index (χ3n) is 4.12. The lowest BCUT2D eigenvalue weighted by Gasteiger charge is -2.19. The van der Waals surface area contributed by atoms with Crippen LogP contribution in [0.25, 0.3) is 0 Å². The van der Waals surface area contributed by atoms with Gasteiger partial charge in [0.1, 0.15) is 22.8 Å². The predicted octanol–water partition coefficient (Wildman–Crippen LogP) is 2.99. The van der Waals surface area contributed by atoms with Gasteiger partial charge in [0, 0.05) is 18.5 Å². The second kappa shape index (κ2) is 6.80. The summed E-state index contributed by atoms with van der Waals surface area (Å²) in [7, 11) is 2.97. The number of carbonyl (C=O) groups is 2. The molecule has 1 aromatic carbocycles. The van der Waals surface area contributed by atoms with Crippen LogP contribution in [0.15, 0.2) is 28.7 Å². The quantitative estimate of drug-likeness (QED) is 0.781. The van der Waals surface area contributed by atoms with Crippen LogP contribution in [-0.2, 0) is 22.5 Å². The molecule has 25 heavy (non-hydrogen) atoms. The van der Waals surface area contributed by atoms with Crippen molar-refractivity contribution in [3.8, 4) is 5.75 Å². The highest BCUT2D eigenvalue weighted by Gasteiger charge is 2.31. The molecule has 0 saturated heterocycles. The average Bonchev–Trinajstić information content (AvgIpc) is 3.16. The molecular formula is C18H18ClNO5. The van der Waals surface area contributed by atoms with Gasteiger partial charge in [-0.2, -0.15) is 0 Å². The Kier molecular flexibility index (Phi) is 4.72. The molecular weight excluding hydrogens is 346 g/mol. The van der Waals surface area contributed by atoms with Crippen LogP contribution in [0.2, 0.25) is 5.02 Å². The zero-order chi connectivity index (χ0) is 18.1. The van der Waals surface area contributed by atoms with Crippen LogP contribution in [0.3, 0.4) is 0 Å². The molecule has 1 aromatic heterocycles. The van der Waals surface area contributed by atoms with E-state index in [0.717, 1.165) is 5.56 Å². The first-order valence-electron chi connectivity index (χ1n) is 7.76. The highest BCUT2D eigenvalue weighted by Crippen LogP contribution is 2.31. The molecule has 1 unspecified atom stereocenters. The van der Waals surface area contributed by atoms with Crippen LogP contribution in [0.4, 0.5) is 0 Å². The van der Waals surface area contributed by atoms with Crippen molar-refractivity contribution in [1.29, 1.82) is 0 Å². The van der Waals surface area contributed by atoms with E-state index in [1.807, 2.05) is 6.07 Å². The summed E-state index contributed by atoms with van der Waals surface area (Å²) in [4.78, 5) is 25.8. The lowest BCUT2D eigenvalue weighted by molar-refractivity contribution is -0.137. The molecule has 6 nitrogen and oxygen atoms in total. The largest absolute Gasteiger partial charge is 0.480 e. The molecule has 2 aromatic rings. The lowest BCUT2D eigenvalue weighted by Crippen LogP contribution is -2.38. The molecule has 2 heterocycles. The number of hydrogen-bond acceptors (Lipinski definition) is 5. The second-order valence-electron chi connectivity index (χ2n) is 5.93. The molecule has 1 amide bonds. The number of rotatable bonds is 4.